The minimum Gasteiger partial charge on any atom is -0.395 e. The van der Waals surface area contributed by atoms with Gasteiger partial charge in [-0.1, -0.05) is 0 Å². The number of piperazine rings is 2. The number of hydrogen-bond acceptors (Lipinski definition) is 5. The average molecular weight is 266 g/mol. The van der Waals surface area contributed by atoms with Crippen LogP contribution in [-0.4, -0.2) is 94.5 Å². The Bertz CT molecular complexity index is 384. The standard InChI is InChI=1S/C14H26N4O/c1-13-14(2)17-7-6-15(13)4-3-5-16(13)8-9-18(14)12(10-17)11-19/h12,19H,3-11H2,1-2H3/t12-,13+,14-/m1/s1. The first kappa shape index (κ1) is 12.5. The maximum absolute atomic E-state index is 9.73. The first-order chi connectivity index (χ1) is 9.12. The lowest BCUT2D eigenvalue weighted by Crippen LogP contribution is -2.85. The third-order valence-corrected chi connectivity index (χ3v) is 6.49. The van der Waals surface area contributed by atoms with Gasteiger partial charge in [-0.3, -0.25) is 19.6 Å². The fourth-order valence-corrected chi connectivity index (χ4v) is 5.32. The zero-order chi connectivity index (χ0) is 13.3. The van der Waals surface area contributed by atoms with Crippen LogP contribution in [0.25, 0.3) is 0 Å². The maximum atomic E-state index is 9.73. The van der Waals surface area contributed by atoms with Crippen molar-refractivity contribution in [1.29, 1.82) is 0 Å². The number of rotatable bonds is 1. The van der Waals surface area contributed by atoms with E-state index in [-0.39, 0.29) is 11.3 Å². The minimum absolute atomic E-state index is 0.0668. The van der Waals surface area contributed by atoms with Gasteiger partial charge in [-0.25, -0.2) is 0 Å². The van der Waals surface area contributed by atoms with Gasteiger partial charge in [0.1, 0.15) is 11.3 Å². The molecule has 0 aromatic rings. The Hall–Kier alpha value is -0.200. The number of aliphatic hydroxyl groups excluding tert-OH is 1. The average Bonchev–Trinajstić information content (AvgIpc) is 2.70. The Balaban J connectivity index is 1.81. The summed E-state index contributed by atoms with van der Waals surface area (Å²) < 4.78 is 0. The largest absolute Gasteiger partial charge is 0.395 e. The van der Waals surface area contributed by atoms with Crippen LogP contribution >= 0.6 is 0 Å². The molecule has 5 heteroatoms. The lowest BCUT2D eigenvalue weighted by Gasteiger charge is -2.69. The second kappa shape index (κ2) is 3.92. The van der Waals surface area contributed by atoms with Gasteiger partial charge in [0.2, 0.25) is 0 Å². The van der Waals surface area contributed by atoms with Crippen LogP contribution in [0.4, 0.5) is 0 Å². The normalized spacial score (nSPS) is 48.5. The van der Waals surface area contributed by atoms with Crippen molar-refractivity contribution >= 4 is 0 Å². The molecule has 19 heavy (non-hydrogen) atoms. The van der Waals surface area contributed by atoms with E-state index < -0.39 is 0 Å². The topological polar surface area (TPSA) is 33.2 Å². The zero-order valence-electron chi connectivity index (χ0n) is 12.2. The van der Waals surface area contributed by atoms with Gasteiger partial charge in [0.05, 0.1) is 6.61 Å². The van der Waals surface area contributed by atoms with Crippen LogP contribution in [-0.2, 0) is 0 Å². The minimum atomic E-state index is 0.0668. The molecule has 4 heterocycles. The smallest absolute Gasteiger partial charge is 0.104 e. The molecule has 4 fully saturated rings. The first-order valence-corrected chi connectivity index (χ1v) is 7.75. The van der Waals surface area contributed by atoms with Crippen LogP contribution < -0.4 is 0 Å². The van der Waals surface area contributed by atoms with E-state index in [1.807, 2.05) is 0 Å². The fraction of sp³-hybridized carbons (Fsp3) is 1.00. The first-order valence-electron chi connectivity index (χ1n) is 7.75. The van der Waals surface area contributed by atoms with Crippen LogP contribution in [0.5, 0.6) is 0 Å². The summed E-state index contributed by atoms with van der Waals surface area (Å²) in [7, 11) is 0. The zero-order valence-corrected chi connectivity index (χ0v) is 12.2. The lowest BCUT2D eigenvalue weighted by atomic mass is 9.83. The molecule has 0 aromatic carbocycles. The molecule has 4 rings (SSSR count). The molecule has 0 aromatic heterocycles. The summed E-state index contributed by atoms with van der Waals surface area (Å²) in [6.45, 7) is 13.2. The quantitative estimate of drug-likeness (QED) is 0.687. The van der Waals surface area contributed by atoms with E-state index >= 15 is 0 Å². The van der Waals surface area contributed by atoms with E-state index in [4.69, 9.17) is 0 Å². The summed E-state index contributed by atoms with van der Waals surface area (Å²) in [5.41, 5.74) is 0.184. The van der Waals surface area contributed by atoms with Crippen LogP contribution in [0.3, 0.4) is 0 Å². The summed E-state index contributed by atoms with van der Waals surface area (Å²) in [5, 5.41) is 9.73. The van der Waals surface area contributed by atoms with E-state index in [1.165, 1.54) is 26.1 Å². The maximum Gasteiger partial charge on any atom is 0.104 e. The summed E-state index contributed by atoms with van der Waals surface area (Å²) in [5.74, 6) is 0. The van der Waals surface area contributed by atoms with Gasteiger partial charge in [-0.2, -0.15) is 0 Å². The summed E-state index contributed by atoms with van der Waals surface area (Å²) in [6.07, 6.45) is 1.30. The van der Waals surface area contributed by atoms with E-state index in [2.05, 4.69) is 33.4 Å². The highest BCUT2D eigenvalue weighted by molar-refractivity contribution is 5.18. The van der Waals surface area contributed by atoms with Crippen molar-refractivity contribution in [3.05, 3.63) is 0 Å². The Morgan fingerprint density at radius 1 is 0.895 bits per heavy atom. The highest BCUT2D eigenvalue weighted by atomic mass is 16.3. The molecule has 4 aliphatic heterocycles. The highest BCUT2D eigenvalue weighted by Gasteiger charge is 2.67. The molecule has 4 saturated heterocycles. The monoisotopic (exact) mass is 266 g/mol. The van der Waals surface area contributed by atoms with Crippen molar-refractivity contribution in [1.82, 2.24) is 19.6 Å². The molecule has 1 N–H and O–H groups in total. The number of nitrogens with zero attached hydrogens (tertiary/aromatic N) is 4. The van der Waals surface area contributed by atoms with E-state index in [1.54, 1.807) is 0 Å². The fourth-order valence-electron chi connectivity index (χ4n) is 5.32. The molecule has 108 valence electrons. The molecule has 0 radical (unpaired) electrons. The van der Waals surface area contributed by atoms with Crippen molar-refractivity contribution in [2.24, 2.45) is 0 Å². The van der Waals surface area contributed by atoms with Gasteiger partial charge < -0.3 is 5.11 Å². The molecule has 0 spiro atoms. The van der Waals surface area contributed by atoms with Gasteiger partial charge in [0.25, 0.3) is 0 Å². The van der Waals surface area contributed by atoms with Crippen molar-refractivity contribution in [2.75, 3.05) is 52.4 Å². The second-order valence-electron chi connectivity index (χ2n) is 6.85. The Morgan fingerprint density at radius 3 is 2.21 bits per heavy atom. The van der Waals surface area contributed by atoms with Crippen LogP contribution in [0.1, 0.15) is 20.3 Å². The molecule has 4 aliphatic rings. The Labute approximate surface area is 115 Å². The van der Waals surface area contributed by atoms with Gasteiger partial charge in [0, 0.05) is 51.9 Å². The van der Waals surface area contributed by atoms with Gasteiger partial charge >= 0.3 is 0 Å². The third-order valence-electron chi connectivity index (χ3n) is 6.49. The van der Waals surface area contributed by atoms with E-state index in [9.17, 15) is 5.11 Å². The predicted octanol–water partition coefficient (Wildman–Crippen LogP) is -0.568. The van der Waals surface area contributed by atoms with Gasteiger partial charge in [0.15, 0.2) is 0 Å². The van der Waals surface area contributed by atoms with Gasteiger partial charge in [-0.15, -0.1) is 0 Å². The van der Waals surface area contributed by atoms with Crippen LogP contribution in [0, 0.1) is 0 Å². The van der Waals surface area contributed by atoms with E-state index in [0.717, 1.165) is 26.2 Å². The summed E-state index contributed by atoms with van der Waals surface area (Å²) in [4.78, 5) is 10.6. The Kier molecular flexibility index (Phi) is 2.59. The summed E-state index contributed by atoms with van der Waals surface area (Å²) in [6, 6.07) is 0.325. The van der Waals surface area contributed by atoms with Crippen molar-refractivity contribution in [2.45, 2.75) is 37.6 Å². The lowest BCUT2D eigenvalue weighted by molar-refractivity contribution is -0.252. The molecule has 0 unspecified atom stereocenters. The number of aliphatic hydroxyl groups is 1. The molecule has 0 bridgehead atoms. The predicted molar refractivity (Wildman–Crippen MR) is 73.7 cm³/mol. The molecular formula is C14H26N4O. The molecule has 3 atom stereocenters. The highest BCUT2D eigenvalue weighted by Crippen LogP contribution is 2.49. The molecule has 0 saturated carbocycles. The van der Waals surface area contributed by atoms with Crippen molar-refractivity contribution in [3.63, 3.8) is 0 Å². The molecular weight excluding hydrogens is 240 g/mol. The third kappa shape index (κ3) is 1.29. The second-order valence-corrected chi connectivity index (χ2v) is 6.85. The molecule has 0 amide bonds. The van der Waals surface area contributed by atoms with Crippen molar-refractivity contribution < 1.29 is 5.11 Å². The molecule has 5 nitrogen and oxygen atoms in total. The van der Waals surface area contributed by atoms with E-state index in [0.29, 0.717) is 12.6 Å². The van der Waals surface area contributed by atoms with Crippen LogP contribution in [0.15, 0.2) is 0 Å². The van der Waals surface area contributed by atoms with Crippen molar-refractivity contribution in [3.8, 4) is 0 Å². The SMILES string of the molecule is C[C@]12N3CCCN1CCN1[C@@H](CO)CN(CC3)[C@]12C. The Morgan fingerprint density at radius 2 is 1.53 bits per heavy atom. The van der Waals surface area contributed by atoms with Crippen LogP contribution in [0.2, 0.25) is 0 Å². The number of hydrogen-bond donors (Lipinski definition) is 1. The summed E-state index contributed by atoms with van der Waals surface area (Å²) >= 11 is 0. The molecule has 0 aliphatic carbocycles. The van der Waals surface area contributed by atoms with Gasteiger partial charge in [-0.05, 0) is 20.3 Å².